The van der Waals surface area contributed by atoms with Gasteiger partial charge in [0.1, 0.15) is 6.29 Å². The lowest BCUT2D eigenvalue weighted by atomic mass is 10.5. The van der Waals surface area contributed by atoms with E-state index in [1.54, 1.807) is 0 Å². The highest BCUT2D eigenvalue weighted by Crippen LogP contribution is 2.01. The third-order valence-corrected chi connectivity index (χ3v) is 3.38. The lowest BCUT2D eigenvalue weighted by Crippen LogP contribution is -2.40. The Balaban J connectivity index is 2.42. The SMILES string of the molecule is O=CCN1CCS(=O)(=O)CC1. The van der Waals surface area contributed by atoms with Gasteiger partial charge in [-0.2, -0.15) is 0 Å². The summed E-state index contributed by atoms with van der Waals surface area (Å²) >= 11 is 0. The average Bonchev–Trinajstić information content (AvgIpc) is 1.94. The molecule has 0 amide bonds. The van der Waals surface area contributed by atoms with Crippen molar-refractivity contribution in [2.24, 2.45) is 0 Å². The Hall–Kier alpha value is -0.420. The van der Waals surface area contributed by atoms with Gasteiger partial charge in [-0.05, 0) is 0 Å². The van der Waals surface area contributed by atoms with E-state index in [4.69, 9.17) is 0 Å². The molecule has 1 saturated heterocycles. The quantitative estimate of drug-likeness (QED) is 0.503. The van der Waals surface area contributed by atoms with Gasteiger partial charge >= 0.3 is 0 Å². The maximum Gasteiger partial charge on any atom is 0.152 e. The second kappa shape index (κ2) is 3.32. The fraction of sp³-hybridized carbons (Fsp3) is 0.833. The highest BCUT2D eigenvalue weighted by molar-refractivity contribution is 7.91. The molecular formula is C6H11NO3S. The molecule has 0 bridgehead atoms. The summed E-state index contributed by atoms with van der Waals surface area (Å²) in [7, 11) is -2.79. The first-order chi connectivity index (χ1) is 5.14. The number of aldehydes is 1. The van der Waals surface area contributed by atoms with Gasteiger partial charge in [0.2, 0.25) is 0 Å². The van der Waals surface area contributed by atoms with Gasteiger partial charge in [0.15, 0.2) is 9.84 Å². The van der Waals surface area contributed by atoms with Crippen molar-refractivity contribution in [1.29, 1.82) is 0 Å². The van der Waals surface area contributed by atoms with E-state index < -0.39 is 9.84 Å². The van der Waals surface area contributed by atoms with E-state index in [9.17, 15) is 13.2 Å². The average molecular weight is 177 g/mol. The maximum atomic E-state index is 10.9. The van der Waals surface area contributed by atoms with Crippen LogP contribution in [0.1, 0.15) is 0 Å². The summed E-state index contributed by atoms with van der Waals surface area (Å²) in [5, 5.41) is 0. The summed E-state index contributed by atoms with van der Waals surface area (Å²) in [6.07, 6.45) is 0.804. The summed E-state index contributed by atoms with van der Waals surface area (Å²) < 4.78 is 21.8. The lowest BCUT2D eigenvalue weighted by molar-refractivity contribution is -0.108. The summed E-state index contributed by atoms with van der Waals surface area (Å²) in [5.41, 5.74) is 0. The van der Waals surface area contributed by atoms with Crippen molar-refractivity contribution in [1.82, 2.24) is 4.90 Å². The Morgan fingerprint density at radius 1 is 1.27 bits per heavy atom. The van der Waals surface area contributed by atoms with Crippen LogP contribution in [-0.4, -0.2) is 50.7 Å². The molecule has 0 aromatic rings. The van der Waals surface area contributed by atoms with Crippen LogP contribution in [0.25, 0.3) is 0 Å². The van der Waals surface area contributed by atoms with Crippen LogP contribution in [0.5, 0.6) is 0 Å². The topological polar surface area (TPSA) is 54.5 Å². The second-order valence-electron chi connectivity index (χ2n) is 2.62. The number of rotatable bonds is 2. The highest BCUT2D eigenvalue weighted by Gasteiger charge is 2.20. The molecule has 0 N–H and O–H groups in total. The number of sulfone groups is 1. The summed E-state index contributed by atoms with van der Waals surface area (Å²) in [6, 6.07) is 0. The standard InChI is InChI=1S/C6H11NO3S/c8-4-1-7-2-5-11(9,10)6-3-7/h4H,1-3,5-6H2. The maximum absolute atomic E-state index is 10.9. The minimum absolute atomic E-state index is 0.195. The van der Waals surface area contributed by atoms with E-state index in [1.807, 2.05) is 4.90 Å². The minimum Gasteiger partial charge on any atom is -0.302 e. The molecule has 1 rings (SSSR count). The Morgan fingerprint density at radius 3 is 2.27 bits per heavy atom. The fourth-order valence-corrected chi connectivity index (χ4v) is 2.32. The molecule has 11 heavy (non-hydrogen) atoms. The molecule has 1 aliphatic rings. The van der Waals surface area contributed by atoms with E-state index in [1.165, 1.54) is 0 Å². The van der Waals surface area contributed by atoms with E-state index in [0.29, 0.717) is 19.6 Å². The Bertz CT molecular complexity index is 220. The van der Waals surface area contributed by atoms with Gasteiger partial charge in [0.05, 0.1) is 18.1 Å². The lowest BCUT2D eigenvalue weighted by Gasteiger charge is -2.23. The number of carbonyl (C=O) groups is 1. The van der Waals surface area contributed by atoms with Crippen LogP contribution in [-0.2, 0) is 14.6 Å². The molecule has 0 unspecified atom stereocenters. The van der Waals surface area contributed by atoms with Crippen molar-refractivity contribution in [2.45, 2.75) is 0 Å². The van der Waals surface area contributed by atoms with Crippen LogP contribution in [0.3, 0.4) is 0 Å². The van der Waals surface area contributed by atoms with Crippen LogP contribution in [0, 0.1) is 0 Å². The van der Waals surface area contributed by atoms with Crippen molar-refractivity contribution < 1.29 is 13.2 Å². The number of nitrogens with zero attached hydrogens (tertiary/aromatic N) is 1. The van der Waals surface area contributed by atoms with Crippen LogP contribution in [0.15, 0.2) is 0 Å². The molecule has 5 heteroatoms. The minimum atomic E-state index is -2.79. The smallest absolute Gasteiger partial charge is 0.152 e. The van der Waals surface area contributed by atoms with Crippen molar-refractivity contribution in [3.8, 4) is 0 Å². The molecule has 0 aromatic carbocycles. The van der Waals surface area contributed by atoms with Crippen LogP contribution in [0.2, 0.25) is 0 Å². The molecule has 0 aliphatic carbocycles. The predicted octanol–water partition coefficient (Wildman–Crippen LogP) is -1.08. The number of carbonyl (C=O) groups excluding carboxylic acids is 1. The third kappa shape index (κ3) is 2.59. The van der Waals surface area contributed by atoms with Crippen LogP contribution < -0.4 is 0 Å². The van der Waals surface area contributed by atoms with Crippen molar-refractivity contribution in [2.75, 3.05) is 31.1 Å². The number of hydrogen-bond donors (Lipinski definition) is 0. The van der Waals surface area contributed by atoms with E-state index in [-0.39, 0.29) is 11.5 Å². The van der Waals surface area contributed by atoms with E-state index in [2.05, 4.69) is 0 Å². The zero-order chi connectivity index (χ0) is 8.32. The first-order valence-electron chi connectivity index (χ1n) is 3.50. The molecular weight excluding hydrogens is 166 g/mol. The zero-order valence-corrected chi connectivity index (χ0v) is 7.01. The largest absolute Gasteiger partial charge is 0.302 e. The number of hydrogen-bond acceptors (Lipinski definition) is 4. The van der Waals surface area contributed by atoms with Crippen molar-refractivity contribution >= 4 is 16.1 Å². The molecule has 0 saturated carbocycles. The Morgan fingerprint density at radius 2 is 1.82 bits per heavy atom. The van der Waals surface area contributed by atoms with Gasteiger partial charge in [-0.3, -0.25) is 4.90 Å². The van der Waals surface area contributed by atoms with E-state index >= 15 is 0 Å². The van der Waals surface area contributed by atoms with Gasteiger partial charge in [0, 0.05) is 13.1 Å². The van der Waals surface area contributed by atoms with Gasteiger partial charge in [-0.1, -0.05) is 0 Å². The second-order valence-corrected chi connectivity index (χ2v) is 4.92. The predicted molar refractivity (Wildman–Crippen MR) is 41.2 cm³/mol. The van der Waals surface area contributed by atoms with Crippen molar-refractivity contribution in [3.05, 3.63) is 0 Å². The first-order valence-corrected chi connectivity index (χ1v) is 5.32. The molecule has 0 atom stereocenters. The highest BCUT2D eigenvalue weighted by atomic mass is 32.2. The fourth-order valence-electron chi connectivity index (χ4n) is 1.04. The molecule has 1 fully saturated rings. The molecule has 64 valence electrons. The van der Waals surface area contributed by atoms with E-state index in [0.717, 1.165) is 6.29 Å². The first kappa shape index (κ1) is 8.67. The molecule has 0 radical (unpaired) electrons. The Labute approximate surface area is 66.1 Å². The molecule has 1 aliphatic heterocycles. The molecule has 0 spiro atoms. The zero-order valence-electron chi connectivity index (χ0n) is 6.19. The summed E-state index contributed by atoms with van der Waals surface area (Å²) in [5.74, 6) is 0.391. The van der Waals surface area contributed by atoms with Gasteiger partial charge in [0.25, 0.3) is 0 Å². The normalized spacial score (nSPS) is 24.7. The van der Waals surface area contributed by atoms with Gasteiger partial charge < -0.3 is 4.79 Å². The van der Waals surface area contributed by atoms with Crippen LogP contribution in [0.4, 0.5) is 0 Å². The third-order valence-electron chi connectivity index (χ3n) is 1.77. The summed E-state index contributed by atoms with van der Waals surface area (Å²) in [4.78, 5) is 11.9. The van der Waals surface area contributed by atoms with Crippen LogP contribution >= 0.6 is 0 Å². The molecule has 1 heterocycles. The Kier molecular flexibility index (Phi) is 2.62. The molecule has 0 aromatic heterocycles. The monoisotopic (exact) mass is 177 g/mol. The van der Waals surface area contributed by atoms with Crippen molar-refractivity contribution in [3.63, 3.8) is 0 Å². The molecule has 4 nitrogen and oxygen atoms in total. The summed E-state index contributed by atoms with van der Waals surface area (Å²) in [6.45, 7) is 1.36. The van der Waals surface area contributed by atoms with Gasteiger partial charge in [-0.15, -0.1) is 0 Å². The van der Waals surface area contributed by atoms with Gasteiger partial charge in [-0.25, -0.2) is 8.42 Å².